The Balaban J connectivity index is 1.56. The van der Waals surface area contributed by atoms with Crippen molar-refractivity contribution in [3.05, 3.63) is 16.3 Å². The molecule has 2 fully saturated rings. The Kier molecular flexibility index (Phi) is 6.84. The van der Waals surface area contributed by atoms with Gasteiger partial charge in [-0.25, -0.2) is 13.2 Å². The summed E-state index contributed by atoms with van der Waals surface area (Å²) >= 11 is 0.953. The maximum atomic E-state index is 12.7. The summed E-state index contributed by atoms with van der Waals surface area (Å²) < 4.78 is 31.7. The number of hydrogen-bond donors (Lipinski definition) is 1. The van der Waals surface area contributed by atoms with Crippen molar-refractivity contribution in [2.75, 3.05) is 19.7 Å². The molecule has 2 amide bonds. The molecule has 0 bridgehead atoms. The van der Waals surface area contributed by atoms with E-state index in [1.807, 2.05) is 0 Å². The minimum absolute atomic E-state index is 0.0571. The molecule has 1 saturated heterocycles. The molecule has 154 valence electrons. The first-order chi connectivity index (χ1) is 13.4. The number of sulfonamides is 1. The topological polar surface area (TPSA) is 110 Å². The first kappa shape index (κ1) is 20.9. The van der Waals surface area contributed by atoms with Gasteiger partial charge in [-0.15, -0.1) is 11.3 Å². The number of thiophene rings is 1. The second-order valence-corrected chi connectivity index (χ2v) is 9.87. The SMILES string of the molecule is O=C(COC(=O)c1sccc1S(=O)(=O)N1CCCC1)NC(=O)C1CCCCC1. The number of nitrogens with zero attached hydrogens (tertiary/aromatic N) is 1. The number of ether oxygens (including phenoxy) is 1. The number of carbonyl (C=O) groups is 3. The lowest BCUT2D eigenvalue weighted by atomic mass is 9.89. The molecule has 0 spiro atoms. The average molecular weight is 429 g/mol. The molecule has 0 atom stereocenters. The third-order valence-electron chi connectivity index (χ3n) is 5.07. The van der Waals surface area contributed by atoms with Crippen LogP contribution in [-0.4, -0.2) is 50.2 Å². The van der Waals surface area contributed by atoms with Crippen molar-refractivity contribution >= 4 is 39.1 Å². The largest absolute Gasteiger partial charge is 0.451 e. The fourth-order valence-corrected chi connectivity index (χ4v) is 6.35. The number of esters is 1. The van der Waals surface area contributed by atoms with E-state index >= 15 is 0 Å². The Morgan fingerprint density at radius 3 is 2.46 bits per heavy atom. The Labute approximate surface area is 168 Å². The van der Waals surface area contributed by atoms with Gasteiger partial charge in [0.05, 0.1) is 0 Å². The molecule has 0 aromatic carbocycles. The van der Waals surface area contributed by atoms with E-state index in [4.69, 9.17) is 4.74 Å². The van der Waals surface area contributed by atoms with Gasteiger partial charge in [0, 0.05) is 19.0 Å². The van der Waals surface area contributed by atoms with E-state index < -0.39 is 28.5 Å². The van der Waals surface area contributed by atoms with Crippen LogP contribution in [0.2, 0.25) is 0 Å². The lowest BCUT2D eigenvalue weighted by molar-refractivity contribution is -0.135. The van der Waals surface area contributed by atoms with Crippen LogP contribution >= 0.6 is 11.3 Å². The van der Waals surface area contributed by atoms with Crippen molar-refractivity contribution in [2.24, 2.45) is 5.92 Å². The Bertz CT molecular complexity index is 836. The third kappa shape index (κ3) is 4.79. The minimum Gasteiger partial charge on any atom is -0.451 e. The second-order valence-electron chi connectivity index (χ2n) is 7.05. The molecular formula is C18H24N2O6S2. The van der Waals surface area contributed by atoms with Crippen LogP contribution in [0.25, 0.3) is 0 Å². The van der Waals surface area contributed by atoms with E-state index in [2.05, 4.69) is 5.32 Å². The number of amides is 2. The van der Waals surface area contributed by atoms with Gasteiger partial charge in [0.1, 0.15) is 9.77 Å². The molecule has 1 N–H and O–H groups in total. The summed E-state index contributed by atoms with van der Waals surface area (Å²) in [5, 5.41) is 3.77. The molecule has 8 nitrogen and oxygen atoms in total. The average Bonchev–Trinajstić information content (AvgIpc) is 3.39. The van der Waals surface area contributed by atoms with Crippen LogP contribution in [0.15, 0.2) is 16.3 Å². The number of nitrogens with one attached hydrogen (secondary N) is 1. The van der Waals surface area contributed by atoms with Crippen LogP contribution in [0, 0.1) is 5.92 Å². The van der Waals surface area contributed by atoms with Gasteiger partial charge in [0.25, 0.3) is 5.91 Å². The van der Waals surface area contributed by atoms with E-state index in [-0.39, 0.29) is 21.6 Å². The lowest BCUT2D eigenvalue weighted by Gasteiger charge is -2.20. The van der Waals surface area contributed by atoms with Gasteiger partial charge in [-0.2, -0.15) is 4.31 Å². The standard InChI is InChI=1S/C18H24N2O6S2/c21-15(19-17(22)13-6-2-1-3-7-13)12-26-18(23)16-14(8-11-27-16)28(24,25)20-9-4-5-10-20/h8,11,13H,1-7,9-10,12H2,(H,19,21,22). The lowest BCUT2D eigenvalue weighted by Crippen LogP contribution is -2.39. The van der Waals surface area contributed by atoms with Crippen molar-refractivity contribution in [2.45, 2.75) is 49.8 Å². The van der Waals surface area contributed by atoms with Crippen LogP contribution in [0.3, 0.4) is 0 Å². The summed E-state index contributed by atoms with van der Waals surface area (Å²) in [6.45, 7) is 0.231. The summed E-state index contributed by atoms with van der Waals surface area (Å²) in [6, 6.07) is 1.38. The van der Waals surface area contributed by atoms with Gasteiger partial charge in [-0.3, -0.25) is 14.9 Å². The molecule has 1 aromatic heterocycles. The molecular weight excluding hydrogens is 404 g/mol. The van der Waals surface area contributed by atoms with Gasteiger partial charge < -0.3 is 4.74 Å². The Hall–Kier alpha value is -1.78. The summed E-state index contributed by atoms with van der Waals surface area (Å²) in [7, 11) is -3.75. The van der Waals surface area contributed by atoms with Gasteiger partial charge in [0.2, 0.25) is 15.9 Å². The normalized spacial score (nSPS) is 18.7. The van der Waals surface area contributed by atoms with Crippen LogP contribution < -0.4 is 5.32 Å². The van der Waals surface area contributed by atoms with Crippen molar-refractivity contribution in [1.29, 1.82) is 0 Å². The van der Waals surface area contributed by atoms with Crippen LogP contribution in [0.5, 0.6) is 0 Å². The predicted molar refractivity (Wildman–Crippen MR) is 102 cm³/mol. The first-order valence-electron chi connectivity index (χ1n) is 9.48. The van der Waals surface area contributed by atoms with Crippen molar-refractivity contribution in [3.63, 3.8) is 0 Å². The molecule has 2 aliphatic rings. The van der Waals surface area contributed by atoms with Gasteiger partial charge in [0.15, 0.2) is 6.61 Å². The van der Waals surface area contributed by atoms with Crippen molar-refractivity contribution in [3.8, 4) is 0 Å². The highest BCUT2D eigenvalue weighted by molar-refractivity contribution is 7.89. The molecule has 0 radical (unpaired) electrons. The smallest absolute Gasteiger partial charge is 0.350 e. The van der Waals surface area contributed by atoms with E-state index in [0.717, 1.165) is 56.3 Å². The first-order valence-corrected chi connectivity index (χ1v) is 11.8. The number of imide groups is 1. The van der Waals surface area contributed by atoms with Crippen molar-refractivity contribution < 1.29 is 27.5 Å². The van der Waals surface area contributed by atoms with E-state index in [9.17, 15) is 22.8 Å². The number of hydrogen-bond acceptors (Lipinski definition) is 7. The summed E-state index contributed by atoms with van der Waals surface area (Å²) in [6.07, 6.45) is 6.12. The second kappa shape index (κ2) is 9.15. The maximum Gasteiger partial charge on any atom is 0.350 e. The molecule has 0 unspecified atom stereocenters. The highest BCUT2D eigenvalue weighted by Crippen LogP contribution is 2.28. The molecule has 2 heterocycles. The van der Waals surface area contributed by atoms with Crippen LogP contribution in [-0.2, 0) is 24.3 Å². The third-order valence-corrected chi connectivity index (χ3v) is 8.03. The number of carbonyl (C=O) groups excluding carboxylic acids is 3. The molecule has 1 aromatic rings. The molecule has 1 saturated carbocycles. The van der Waals surface area contributed by atoms with Gasteiger partial charge in [-0.05, 0) is 37.1 Å². The van der Waals surface area contributed by atoms with Crippen molar-refractivity contribution in [1.82, 2.24) is 9.62 Å². The maximum absolute atomic E-state index is 12.7. The van der Waals surface area contributed by atoms with Crippen LogP contribution in [0.1, 0.15) is 54.6 Å². The van der Waals surface area contributed by atoms with Crippen LogP contribution in [0.4, 0.5) is 0 Å². The highest BCUT2D eigenvalue weighted by Gasteiger charge is 2.32. The van der Waals surface area contributed by atoms with E-state index in [1.54, 1.807) is 0 Å². The minimum atomic E-state index is -3.75. The summed E-state index contributed by atoms with van der Waals surface area (Å²) in [4.78, 5) is 36.2. The van der Waals surface area contributed by atoms with E-state index in [0.29, 0.717) is 13.1 Å². The Morgan fingerprint density at radius 1 is 1.11 bits per heavy atom. The fraction of sp³-hybridized carbons (Fsp3) is 0.611. The van der Waals surface area contributed by atoms with Gasteiger partial charge in [-0.1, -0.05) is 19.3 Å². The highest BCUT2D eigenvalue weighted by atomic mass is 32.2. The Morgan fingerprint density at radius 2 is 1.79 bits per heavy atom. The zero-order chi connectivity index (χ0) is 20.1. The van der Waals surface area contributed by atoms with E-state index in [1.165, 1.54) is 15.8 Å². The zero-order valence-corrected chi connectivity index (χ0v) is 17.1. The quantitative estimate of drug-likeness (QED) is 0.693. The molecule has 3 rings (SSSR count). The summed E-state index contributed by atoms with van der Waals surface area (Å²) in [5.41, 5.74) is 0. The van der Waals surface area contributed by atoms with Gasteiger partial charge >= 0.3 is 5.97 Å². The monoisotopic (exact) mass is 428 g/mol. The molecule has 28 heavy (non-hydrogen) atoms. The number of rotatable bonds is 6. The summed E-state index contributed by atoms with van der Waals surface area (Å²) in [5.74, 6) is -2.10. The predicted octanol–water partition coefficient (Wildman–Crippen LogP) is 1.91. The molecule has 10 heteroatoms. The zero-order valence-electron chi connectivity index (χ0n) is 15.5. The fourth-order valence-electron chi connectivity index (χ4n) is 3.55. The molecule has 1 aliphatic carbocycles. The molecule has 1 aliphatic heterocycles.